The Morgan fingerprint density at radius 3 is 2.71 bits per heavy atom. The smallest absolute Gasteiger partial charge is 0.410 e. The monoisotopic (exact) mass is 456 g/mol. The lowest BCUT2D eigenvalue weighted by Crippen LogP contribution is -2.41. The number of ether oxygens (including phenoxy) is 2. The lowest BCUT2D eigenvalue weighted by Gasteiger charge is -2.28. The Morgan fingerprint density at radius 2 is 2.17 bits per heavy atom. The number of rotatable bonds is 6. The zero-order valence-corrected chi connectivity index (χ0v) is 17.8. The van der Waals surface area contributed by atoms with E-state index in [1.54, 1.807) is 11.9 Å². The molecular formula is C16H33IN4O3. The molecule has 0 aromatic heterocycles. The van der Waals surface area contributed by atoms with E-state index in [4.69, 9.17) is 15.2 Å². The maximum absolute atomic E-state index is 12.0. The van der Waals surface area contributed by atoms with Crippen LogP contribution < -0.4 is 11.1 Å². The van der Waals surface area contributed by atoms with Gasteiger partial charge < -0.3 is 25.4 Å². The van der Waals surface area contributed by atoms with E-state index in [1.165, 1.54) is 0 Å². The standard InChI is InChI=1S/C16H32N4O3.HI/c1-12(20(5)15(21)23-16(2,3)4)8-9-18-14(17)19-11-13-7-6-10-22-13;/h12-13H,6-11H2,1-5H3,(H3,17,18,19);1H. The number of nitrogens with two attached hydrogens (primary N) is 1. The summed E-state index contributed by atoms with van der Waals surface area (Å²) in [5.74, 6) is 0.424. The number of hydrogen-bond donors (Lipinski definition) is 2. The highest BCUT2D eigenvalue weighted by Gasteiger charge is 2.22. The van der Waals surface area contributed by atoms with E-state index in [2.05, 4.69) is 10.3 Å². The fourth-order valence-electron chi connectivity index (χ4n) is 2.16. The maximum atomic E-state index is 12.0. The van der Waals surface area contributed by atoms with Crippen LogP contribution in [0.4, 0.5) is 4.79 Å². The molecule has 1 fully saturated rings. The van der Waals surface area contributed by atoms with E-state index in [-0.39, 0.29) is 42.2 Å². The molecule has 0 aromatic carbocycles. The summed E-state index contributed by atoms with van der Waals surface area (Å²) >= 11 is 0. The van der Waals surface area contributed by atoms with Gasteiger partial charge in [-0.3, -0.25) is 4.99 Å². The van der Waals surface area contributed by atoms with Gasteiger partial charge in [0.25, 0.3) is 0 Å². The molecule has 1 aliphatic rings. The van der Waals surface area contributed by atoms with Crippen LogP contribution in [0.5, 0.6) is 0 Å². The largest absolute Gasteiger partial charge is 0.444 e. The SMILES string of the molecule is CC(CCNC(N)=NCC1CCCO1)N(C)C(=O)OC(C)(C)C.I. The number of aliphatic imine (C=N–C) groups is 1. The number of hydrogen-bond acceptors (Lipinski definition) is 4. The summed E-state index contributed by atoms with van der Waals surface area (Å²) in [4.78, 5) is 17.9. The molecule has 1 saturated heterocycles. The van der Waals surface area contributed by atoms with Crippen LogP contribution in [0.2, 0.25) is 0 Å². The Kier molecular flexibility index (Phi) is 10.6. The number of halogens is 1. The number of nitrogens with zero attached hydrogens (tertiary/aromatic N) is 2. The molecule has 1 heterocycles. The maximum Gasteiger partial charge on any atom is 0.410 e. The molecule has 7 nitrogen and oxygen atoms in total. The molecule has 0 aliphatic carbocycles. The van der Waals surface area contributed by atoms with Crippen molar-refractivity contribution in [2.75, 3.05) is 26.7 Å². The van der Waals surface area contributed by atoms with E-state index < -0.39 is 5.60 Å². The lowest BCUT2D eigenvalue weighted by molar-refractivity contribution is 0.0230. The summed E-state index contributed by atoms with van der Waals surface area (Å²) in [6.07, 6.45) is 2.79. The van der Waals surface area contributed by atoms with Crippen LogP contribution in [0.25, 0.3) is 0 Å². The van der Waals surface area contributed by atoms with Crippen molar-refractivity contribution in [3.05, 3.63) is 0 Å². The summed E-state index contributed by atoms with van der Waals surface area (Å²) in [5, 5.41) is 3.07. The first kappa shape index (κ1) is 23.2. The Balaban J connectivity index is 0.00000529. The fourth-order valence-corrected chi connectivity index (χ4v) is 2.16. The summed E-state index contributed by atoms with van der Waals surface area (Å²) in [6.45, 7) is 9.62. The Bertz CT molecular complexity index is 407. The topological polar surface area (TPSA) is 89.2 Å². The first-order valence-corrected chi connectivity index (χ1v) is 8.30. The number of carbonyl (C=O) groups excluding carboxylic acids is 1. The molecule has 0 saturated carbocycles. The van der Waals surface area contributed by atoms with E-state index in [0.29, 0.717) is 19.0 Å². The first-order valence-electron chi connectivity index (χ1n) is 8.30. The van der Waals surface area contributed by atoms with Crippen molar-refractivity contribution in [3.8, 4) is 0 Å². The molecule has 8 heteroatoms. The second kappa shape index (κ2) is 11.0. The number of guanidine groups is 1. The molecule has 0 radical (unpaired) electrons. The average Bonchev–Trinajstić information content (AvgIpc) is 2.95. The highest BCUT2D eigenvalue weighted by Crippen LogP contribution is 2.12. The van der Waals surface area contributed by atoms with Crippen molar-refractivity contribution in [1.82, 2.24) is 10.2 Å². The third-order valence-corrected chi connectivity index (χ3v) is 3.70. The highest BCUT2D eigenvalue weighted by molar-refractivity contribution is 14.0. The predicted molar refractivity (Wildman–Crippen MR) is 107 cm³/mol. The second-order valence-corrected chi connectivity index (χ2v) is 7.02. The number of carbonyl (C=O) groups is 1. The fraction of sp³-hybridized carbons (Fsp3) is 0.875. The van der Waals surface area contributed by atoms with Gasteiger partial charge in [0.2, 0.25) is 0 Å². The Hall–Kier alpha value is -0.770. The zero-order chi connectivity index (χ0) is 17.5. The molecule has 142 valence electrons. The molecule has 24 heavy (non-hydrogen) atoms. The van der Waals surface area contributed by atoms with Gasteiger partial charge in [0.05, 0.1) is 12.6 Å². The van der Waals surface area contributed by atoms with Crippen molar-refractivity contribution < 1.29 is 14.3 Å². The van der Waals surface area contributed by atoms with Crippen molar-refractivity contribution >= 4 is 36.0 Å². The second-order valence-electron chi connectivity index (χ2n) is 7.02. The zero-order valence-electron chi connectivity index (χ0n) is 15.5. The van der Waals surface area contributed by atoms with Crippen LogP contribution in [0.3, 0.4) is 0 Å². The molecule has 1 aliphatic heterocycles. The molecule has 2 atom stereocenters. The van der Waals surface area contributed by atoms with Gasteiger partial charge in [-0.2, -0.15) is 0 Å². The number of amides is 1. The van der Waals surface area contributed by atoms with Crippen LogP contribution in [-0.4, -0.2) is 61.4 Å². The summed E-state index contributed by atoms with van der Waals surface area (Å²) < 4.78 is 10.8. The van der Waals surface area contributed by atoms with Crippen LogP contribution >= 0.6 is 24.0 Å². The minimum atomic E-state index is -0.483. The Labute approximate surface area is 162 Å². The van der Waals surface area contributed by atoms with Gasteiger partial charge in [-0.25, -0.2) is 4.79 Å². The first-order chi connectivity index (χ1) is 10.7. The average molecular weight is 456 g/mol. The molecular weight excluding hydrogens is 423 g/mol. The quantitative estimate of drug-likeness (QED) is 0.364. The van der Waals surface area contributed by atoms with Gasteiger partial charge in [0.1, 0.15) is 5.60 Å². The van der Waals surface area contributed by atoms with Gasteiger partial charge in [0.15, 0.2) is 5.96 Å². The summed E-state index contributed by atoms with van der Waals surface area (Å²) in [5.41, 5.74) is 5.35. The summed E-state index contributed by atoms with van der Waals surface area (Å²) in [6, 6.07) is 0.0447. The molecule has 0 spiro atoms. The van der Waals surface area contributed by atoms with Crippen molar-refractivity contribution in [2.24, 2.45) is 10.7 Å². The van der Waals surface area contributed by atoms with Crippen LogP contribution in [0.15, 0.2) is 4.99 Å². The third-order valence-electron chi connectivity index (χ3n) is 3.70. The van der Waals surface area contributed by atoms with Crippen LogP contribution in [0.1, 0.15) is 47.0 Å². The molecule has 1 rings (SSSR count). The van der Waals surface area contributed by atoms with Crippen molar-refractivity contribution in [3.63, 3.8) is 0 Å². The Morgan fingerprint density at radius 1 is 1.50 bits per heavy atom. The van der Waals surface area contributed by atoms with Crippen LogP contribution in [0, 0.1) is 0 Å². The van der Waals surface area contributed by atoms with E-state index in [0.717, 1.165) is 25.9 Å². The van der Waals surface area contributed by atoms with Gasteiger partial charge in [-0.15, -0.1) is 24.0 Å². The predicted octanol–water partition coefficient (Wildman–Crippen LogP) is 2.33. The molecule has 1 amide bonds. The van der Waals surface area contributed by atoms with Gasteiger partial charge in [-0.1, -0.05) is 0 Å². The normalized spacial score (nSPS) is 19.4. The van der Waals surface area contributed by atoms with E-state index in [9.17, 15) is 4.79 Å². The van der Waals surface area contributed by atoms with Crippen LogP contribution in [-0.2, 0) is 9.47 Å². The van der Waals surface area contributed by atoms with Crippen molar-refractivity contribution in [1.29, 1.82) is 0 Å². The van der Waals surface area contributed by atoms with Gasteiger partial charge in [-0.05, 0) is 47.0 Å². The molecule has 2 unspecified atom stereocenters. The minimum Gasteiger partial charge on any atom is -0.444 e. The molecule has 0 aromatic rings. The minimum absolute atomic E-state index is 0. The van der Waals surface area contributed by atoms with E-state index in [1.807, 2.05) is 27.7 Å². The molecule has 0 bridgehead atoms. The molecule has 3 N–H and O–H groups in total. The summed E-state index contributed by atoms with van der Waals surface area (Å²) in [7, 11) is 1.74. The van der Waals surface area contributed by atoms with Gasteiger partial charge in [0, 0.05) is 26.2 Å². The highest BCUT2D eigenvalue weighted by atomic mass is 127. The van der Waals surface area contributed by atoms with E-state index >= 15 is 0 Å². The van der Waals surface area contributed by atoms with Gasteiger partial charge >= 0.3 is 6.09 Å². The third kappa shape index (κ3) is 9.51. The van der Waals surface area contributed by atoms with Crippen molar-refractivity contribution in [2.45, 2.75) is 64.7 Å². The lowest BCUT2D eigenvalue weighted by atomic mass is 10.2. The number of nitrogens with one attached hydrogen (secondary N) is 1.